The fraction of sp³-hybridized carbons (Fsp3) is 0.0625. The van der Waals surface area contributed by atoms with E-state index in [-0.39, 0.29) is 5.69 Å². The van der Waals surface area contributed by atoms with Crippen LogP contribution in [-0.2, 0) is 0 Å². The fourth-order valence-electron chi connectivity index (χ4n) is 2.12. The Hall–Kier alpha value is -2.96. The zero-order valence-electron chi connectivity index (χ0n) is 11.6. The van der Waals surface area contributed by atoms with Crippen molar-refractivity contribution in [1.82, 2.24) is 0 Å². The molecule has 1 heterocycles. The highest BCUT2D eigenvalue weighted by Crippen LogP contribution is 2.26. The van der Waals surface area contributed by atoms with Crippen LogP contribution in [0.4, 0.5) is 18.9 Å². The van der Waals surface area contributed by atoms with Crippen molar-refractivity contribution in [2.45, 2.75) is 6.36 Å². The predicted octanol–water partition coefficient (Wildman–Crippen LogP) is 4.58. The number of para-hydroxylation sites is 1. The Labute approximate surface area is 128 Å². The number of furan rings is 1. The summed E-state index contributed by atoms with van der Waals surface area (Å²) in [6, 6.07) is 12.0. The van der Waals surface area contributed by atoms with Crippen molar-refractivity contribution in [3.8, 4) is 5.75 Å². The second-order valence-corrected chi connectivity index (χ2v) is 4.68. The molecule has 1 amide bonds. The molecule has 0 saturated heterocycles. The fourth-order valence-corrected chi connectivity index (χ4v) is 2.12. The molecule has 7 heteroatoms. The highest BCUT2D eigenvalue weighted by Gasteiger charge is 2.31. The Bertz CT molecular complexity index is 855. The van der Waals surface area contributed by atoms with Gasteiger partial charge in [-0.1, -0.05) is 24.3 Å². The van der Waals surface area contributed by atoms with Gasteiger partial charge >= 0.3 is 6.36 Å². The van der Waals surface area contributed by atoms with E-state index in [0.717, 1.165) is 12.1 Å². The van der Waals surface area contributed by atoms with E-state index in [4.69, 9.17) is 4.42 Å². The molecule has 1 aromatic heterocycles. The Morgan fingerprint density at radius 1 is 1.09 bits per heavy atom. The SMILES string of the molecule is O=C(Nc1cccc(OC(F)(F)F)c1)c1coc2ccccc12. The summed E-state index contributed by atoms with van der Waals surface area (Å²) in [5.74, 6) is -0.897. The van der Waals surface area contributed by atoms with E-state index in [0.29, 0.717) is 16.5 Å². The third-order valence-electron chi connectivity index (χ3n) is 3.05. The first kappa shape index (κ1) is 15.0. The largest absolute Gasteiger partial charge is 0.573 e. The lowest BCUT2D eigenvalue weighted by molar-refractivity contribution is -0.274. The lowest BCUT2D eigenvalue weighted by Gasteiger charge is -2.10. The zero-order chi connectivity index (χ0) is 16.4. The lowest BCUT2D eigenvalue weighted by atomic mass is 10.1. The van der Waals surface area contributed by atoms with Crippen molar-refractivity contribution < 1.29 is 27.1 Å². The number of anilines is 1. The summed E-state index contributed by atoms with van der Waals surface area (Å²) in [4.78, 5) is 12.3. The molecule has 0 saturated carbocycles. The molecular weight excluding hydrogens is 311 g/mol. The van der Waals surface area contributed by atoms with E-state index in [1.54, 1.807) is 24.3 Å². The first-order chi connectivity index (χ1) is 10.9. The lowest BCUT2D eigenvalue weighted by Crippen LogP contribution is -2.17. The van der Waals surface area contributed by atoms with Crippen LogP contribution in [-0.4, -0.2) is 12.3 Å². The molecule has 0 radical (unpaired) electrons. The van der Waals surface area contributed by atoms with Gasteiger partial charge in [0.2, 0.25) is 0 Å². The molecule has 118 valence electrons. The highest BCUT2D eigenvalue weighted by molar-refractivity contribution is 6.12. The molecule has 0 bridgehead atoms. The summed E-state index contributed by atoms with van der Waals surface area (Å²) in [6.07, 6.45) is -3.49. The van der Waals surface area contributed by atoms with Crippen molar-refractivity contribution in [3.05, 3.63) is 60.4 Å². The molecule has 0 aliphatic rings. The van der Waals surface area contributed by atoms with Gasteiger partial charge in [-0.3, -0.25) is 4.79 Å². The molecule has 0 aliphatic heterocycles. The number of benzene rings is 2. The van der Waals surface area contributed by atoms with E-state index in [1.165, 1.54) is 18.4 Å². The van der Waals surface area contributed by atoms with Gasteiger partial charge in [0.05, 0.1) is 5.56 Å². The van der Waals surface area contributed by atoms with Crippen LogP contribution in [0.2, 0.25) is 0 Å². The average molecular weight is 321 g/mol. The van der Waals surface area contributed by atoms with Gasteiger partial charge in [0, 0.05) is 17.1 Å². The topological polar surface area (TPSA) is 51.5 Å². The molecule has 23 heavy (non-hydrogen) atoms. The summed E-state index contributed by atoms with van der Waals surface area (Å²) < 4.78 is 45.7. The van der Waals surface area contributed by atoms with Crippen LogP contribution in [0.1, 0.15) is 10.4 Å². The van der Waals surface area contributed by atoms with E-state index < -0.39 is 18.0 Å². The maximum atomic E-state index is 12.3. The minimum Gasteiger partial charge on any atom is -0.463 e. The van der Waals surface area contributed by atoms with E-state index in [1.807, 2.05) is 0 Å². The minimum atomic E-state index is -4.79. The molecule has 3 aromatic rings. The van der Waals surface area contributed by atoms with Gasteiger partial charge in [0.15, 0.2) is 0 Å². The number of ether oxygens (including phenoxy) is 1. The van der Waals surface area contributed by atoms with E-state index >= 15 is 0 Å². The van der Waals surface area contributed by atoms with Crippen molar-refractivity contribution in [2.24, 2.45) is 0 Å². The molecule has 0 fully saturated rings. The van der Waals surface area contributed by atoms with Crippen LogP contribution in [0.25, 0.3) is 11.0 Å². The third kappa shape index (κ3) is 3.45. The molecule has 1 N–H and O–H groups in total. The first-order valence-corrected chi connectivity index (χ1v) is 6.56. The molecule has 4 nitrogen and oxygen atoms in total. The molecule has 0 aliphatic carbocycles. The highest BCUT2D eigenvalue weighted by atomic mass is 19.4. The van der Waals surface area contributed by atoms with E-state index in [9.17, 15) is 18.0 Å². The van der Waals surface area contributed by atoms with Crippen LogP contribution < -0.4 is 10.1 Å². The maximum absolute atomic E-state index is 12.3. The van der Waals surface area contributed by atoms with Crippen molar-refractivity contribution >= 4 is 22.6 Å². The Morgan fingerprint density at radius 2 is 1.87 bits per heavy atom. The van der Waals surface area contributed by atoms with E-state index in [2.05, 4.69) is 10.1 Å². The average Bonchev–Trinajstić information content (AvgIpc) is 2.89. The summed E-state index contributed by atoms with van der Waals surface area (Å²) in [6.45, 7) is 0. The predicted molar refractivity (Wildman–Crippen MR) is 77.3 cm³/mol. The Kier molecular flexibility index (Phi) is 3.69. The molecule has 3 rings (SSSR count). The molecule has 0 unspecified atom stereocenters. The minimum absolute atomic E-state index is 0.182. The summed E-state index contributed by atoms with van der Waals surface area (Å²) in [5, 5.41) is 3.13. The van der Waals surface area contributed by atoms with Gasteiger partial charge in [0.25, 0.3) is 5.91 Å². The van der Waals surface area contributed by atoms with Crippen molar-refractivity contribution in [2.75, 3.05) is 5.32 Å². The van der Waals surface area contributed by atoms with Crippen LogP contribution in [0, 0.1) is 0 Å². The quantitative estimate of drug-likeness (QED) is 0.768. The van der Waals surface area contributed by atoms with Gasteiger partial charge < -0.3 is 14.5 Å². The number of nitrogens with one attached hydrogen (secondary N) is 1. The number of hydrogen-bond donors (Lipinski definition) is 1. The van der Waals surface area contributed by atoms with Crippen molar-refractivity contribution in [3.63, 3.8) is 0 Å². The summed E-state index contributed by atoms with van der Waals surface area (Å²) in [5.41, 5.74) is 1.02. The second kappa shape index (κ2) is 5.68. The number of carbonyl (C=O) groups is 1. The number of rotatable bonds is 3. The van der Waals surface area contributed by atoms with Crippen molar-refractivity contribution in [1.29, 1.82) is 0 Å². The Morgan fingerprint density at radius 3 is 2.65 bits per heavy atom. The smallest absolute Gasteiger partial charge is 0.463 e. The van der Waals surface area contributed by atoms with Gasteiger partial charge in [-0.25, -0.2) is 0 Å². The molecular formula is C16H10F3NO3. The normalized spacial score (nSPS) is 11.4. The number of alkyl halides is 3. The van der Waals surface area contributed by atoms with Gasteiger partial charge in [0.1, 0.15) is 17.6 Å². The van der Waals surface area contributed by atoms with Crippen LogP contribution in [0.5, 0.6) is 5.75 Å². The van der Waals surface area contributed by atoms with Crippen LogP contribution in [0.3, 0.4) is 0 Å². The molecule has 2 aromatic carbocycles. The number of amides is 1. The van der Waals surface area contributed by atoms with Gasteiger partial charge in [-0.15, -0.1) is 13.2 Å². The monoisotopic (exact) mass is 321 g/mol. The zero-order valence-corrected chi connectivity index (χ0v) is 11.6. The summed E-state index contributed by atoms with van der Waals surface area (Å²) in [7, 11) is 0. The number of halogens is 3. The number of hydrogen-bond acceptors (Lipinski definition) is 3. The number of carbonyl (C=O) groups excluding carboxylic acids is 1. The van der Waals surface area contributed by atoms with Crippen LogP contribution in [0.15, 0.2) is 59.2 Å². The second-order valence-electron chi connectivity index (χ2n) is 4.68. The molecule has 0 atom stereocenters. The van der Waals surface area contributed by atoms with Crippen LogP contribution >= 0.6 is 0 Å². The van der Waals surface area contributed by atoms with Gasteiger partial charge in [-0.2, -0.15) is 0 Å². The first-order valence-electron chi connectivity index (χ1n) is 6.56. The summed E-state index contributed by atoms with van der Waals surface area (Å²) >= 11 is 0. The number of fused-ring (bicyclic) bond motifs is 1. The van der Waals surface area contributed by atoms with Gasteiger partial charge in [-0.05, 0) is 18.2 Å². The third-order valence-corrected chi connectivity index (χ3v) is 3.05. The standard InChI is InChI=1S/C16H10F3NO3/c17-16(18,19)23-11-5-3-4-10(8-11)20-15(21)13-9-22-14-7-2-1-6-12(13)14/h1-9H,(H,20,21). The maximum Gasteiger partial charge on any atom is 0.573 e. The molecule has 0 spiro atoms. The Balaban J connectivity index is 1.82.